The molecule has 18 rings (SSSR count). The van der Waals surface area contributed by atoms with Gasteiger partial charge >= 0.3 is 0 Å². The highest BCUT2D eigenvalue weighted by Crippen LogP contribution is 2.56. The summed E-state index contributed by atoms with van der Waals surface area (Å²) in [6, 6.07) is 93.5. The number of unbranched alkanes of at least 4 members (excludes halogenated alkanes) is 10. The summed E-state index contributed by atoms with van der Waals surface area (Å²) in [6.07, 6.45) is 22.7. The number of hydrogen-bond acceptors (Lipinski definition) is 1. The number of furan rings is 1. The quantitative estimate of drug-likeness (QED) is 0.0658. The molecule has 0 bridgehead atoms. The van der Waals surface area contributed by atoms with Crippen LogP contribution in [0.3, 0.4) is 0 Å². The predicted molar refractivity (Wildman–Crippen MR) is 407 cm³/mol. The van der Waals surface area contributed by atoms with E-state index in [0.29, 0.717) is 0 Å². The van der Waals surface area contributed by atoms with Crippen LogP contribution in [0, 0.1) is 0 Å². The Labute approximate surface area is 564 Å². The lowest BCUT2D eigenvalue weighted by molar-refractivity contribution is 0.398. The number of aromatic nitrogens is 2. The van der Waals surface area contributed by atoms with Gasteiger partial charge in [-0.15, -0.1) is 0 Å². The standard InChI is InChI=1S/C93H82N2O/c1-3-5-7-9-11-18-51-93(52-19-12-10-8-6-4-2)85-59-72(67-34-30-62-28-32-65(62)54-67)37-45-77(85)78-46-38-73(60-86(78)93)71-42-50-90-84(58-71)83-57-70(41-49-89(83)95(90)75-43-35-63(36-44-75)76-24-20-25-80-79-23-16-17-26-91(79)96-92(76)80)69-40-48-88-82(56-69)81-55-68(66-33-29-61-27-31-64(61)53-66)39-47-87(81)94(88)74-21-14-13-15-22-74/h13-17,20-26,29-30,33-50,53-60H,3-12,18-19,27-28,31-32,51-52H2,1-2H3. The number of benzene rings is 12. The highest BCUT2D eigenvalue weighted by atomic mass is 16.3. The number of para-hydroxylation sites is 3. The SMILES string of the molecule is CCCCCCCCC1(CCCCCCCC)c2cc(-c3ccc4c(c3)CC4)ccc2-c2ccc(-c3ccc4c(c3)c3cc(-c5ccc6c(c5)c5cc(-c7ccc8c(c7)CC8)ccc5n6-c5ccccc5)ccc3n4-c3ccc(-c4cccc5c4oc4ccccc45)cc3)cc21. The number of hydrogen-bond donors (Lipinski definition) is 0. The second-order valence-corrected chi connectivity index (χ2v) is 28.4. The average molecular weight is 1240 g/mol. The molecule has 3 nitrogen and oxygen atoms in total. The third kappa shape index (κ3) is 9.97. The molecule has 0 radical (unpaired) electrons. The molecule has 96 heavy (non-hydrogen) atoms. The smallest absolute Gasteiger partial charge is 0.143 e. The highest BCUT2D eigenvalue weighted by molar-refractivity contribution is 6.15. The van der Waals surface area contributed by atoms with Crippen LogP contribution < -0.4 is 0 Å². The first-order chi connectivity index (χ1) is 47.5. The van der Waals surface area contributed by atoms with E-state index in [1.807, 2.05) is 0 Å². The van der Waals surface area contributed by atoms with Gasteiger partial charge in [0.15, 0.2) is 0 Å². The van der Waals surface area contributed by atoms with Gasteiger partial charge in [0, 0.05) is 54.7 Å². The minimum Gasteiger partial charge on any atom is -0.455 e. The molecule has 12 aromatic carbocycles. The molecule has 15 aromatic rings. The van der Waals surface area contributed by atoms with E-state index in [9.17, 15) is 0 Å². The van der Waals surface area contributed by atoms with E-state index in [1.165, 1.54) is 243 Å². The van der Waals surface area contributed by atoms with Crippen molar-refractivity contribution in [2.24, 2.45) is 0 Å². The van der Waals surface area contributed by atoms with Crippen LogP contribution in [-0.2, 0) is 31.1 Å². The van der Waals surface area contributed by atoms with Crippen LogP contribution >= 0.6 is 0 Å². The molecular weight excluding hydrogens is 1160 g/mol. The van der Waals surface area contributed by atoms with Crippen molar-refractivity contribution in [3.8, 4) is 78.1 Å². The molecule has 0 spiro atoms. The van der Waals surface area contributed by atoms with Gasteiger partial charge in [-0.1, -0.05) is 243 Å². The van der Waals surface area contributed by atoms with Crippen molar-refractivity contribution in [1.29, 1.82) is 0 Å². The minimum absolute atomic E-state index is 0.0681. The van der Waals surface area contributed by atoms with Crippen molar-refractivity contribution in [3.63, 3.8) is 0 Å². The zero-order chi connectivity index (χ0) is 63.8. The molecule has 0 saturated carbocycles. The molecule has 3 aliphatic carbocycles. The van der Waals surface area contributed by atoms with Crippen molar-refractivity contribution >= 4 is 65.6 Å². The second kappa shape index (κ2) is 24.4. The zero-order valence-corrected chi connectivity index (χ0v) is 55.6. The maximum atomic E-state index is 6.59. The van der Waals surface area contributed by atoms with Crippen LogP contribution in [0.2, 0.25) is 0 Å². The van der Waals surface area contributed by atoms with Gasteiger partial charge in [-0.05, 0) is 224 Å². The van der Waals surface area contributed by atoms with E-state index in [1.54, 1.807) is 11.1 Å². The number of fused-ring (bicyclic) bond motifs is 14. The van der Waals surface area contributed by atoms with Crippen molar-refractivity contribution in [2.75, 3.05) is 0 Å². The Hall–Kier alpha value is -9.96. The second-order valence-electron chi connectivity index (χ2n) is 28.4. The molecule has 0 amide bonds. The maximum Gasteiger partial charge on any atom is 0.143 e. The Morgan fingerprint density at radius 1 is 0.292 bits per heavy atom. The van der Waals surface area contributed by atoms with Gasteiger partial charge in [-0.2, -0.15) is 0 Å². The fourth-order valence-corrected chi connectivity index (χ4v) is 17.3. The van der Waals surface area contributed by atoms with Crippen LogP contribution in [0.25, 0.3) is 144 Å². The summed E-state index contributed by atoms with van der Waals surface area (Å²) in [7, 11) is 0. The molecule has 3 aliphatic rings. The molecule has 3 heterocycles. The van der Waals surface area contributed by atoms with Crippen LogP contribution in [0.5, 0.6) is 0 Å². The Morgan fingerprint density at radius 3 is 1.17 bits per heavy atom. The molecule has 3 aromatic heterocycles. The van der Waals surface area contributed by atoms with Gasteiger partial charge < -0.3 is 13.6 Å². The minimum atomic E-state index is -0.0681. The summed E-state index contributed by atoms with van der Waals surface area (Å²) in [5.74, 6) is 0. The lowest BCUT2D eigenvalue weighted by Crippen LogP contribution is -2.25. The van der Waals surface area contributed by atoms with E-state index in [-0.39, 0.29) is 5.41 Å². The highest BCUT2D eigenvalue weighted by Gasteiger charge is 2.43. The van der Waals surface area contributed by atoms with Crippen molar-refractivity contribution < 1.29 is 4.42 Å². The normalized spacial score (nSPS) is 13.6. The monoisotopic (exact) mass is 1240 g/mol. The summed E-state index contributed by atoms with van der Waals surface area (Å²) in [5.41, 5.74) is 33.4. The van der Waals surface area contributed by atoms with Crippen LogP contribution in [-0.4, -0.2) is 9.13 Å². The third-order valence-corrected chi connectivity index (χ3v) is 22.7. The third-order valence-electron chi connectivity index (χ3n) is 22.7. The summed E-state index contributed by atoms with van der Waals surface area (Å²) < 4.78 is 11.5. The number of aryl methyl sites for hydroxylation is 4. The fraction of sp³-hybridized carbons (Fsp3) is 0.226. The maximum absolute atomic E-state index is 6.59. The molecule has 0 saturated heterocycles. The number of rotatable bonds is 21. The Kier molecular flexibility index (Phi) is 14.9. The summed E-state index contributed by atoms with van der Waals surface area (Å²) in [6.45, 7) is 4.68. The summed E-state index contributed by atoms with van der Waals surface area (Å²) in [4.78, 5) is 0. The van der Waals surface area contributed by atoms with Gasteiger partial charge in [0.25, 0.3) is 0 Å². The van der Waals surface area contributed by atoms with E-state index in [0.717, 1.165) is 38.8 Å². The molecule has 0 unspecified atom stereocenters. The van der Waals surface area contributed by atoms with Crippen LogP contribution in [0.4, 0.5) is 0 Å². The van der Waals surface area contributed by atoms with Gasteiger partial charge in [0.1, 0.15) is 11.2 Å². The topological polar surface area (TPSA) is 23.0 Å². The molecule has 3 heteroatoms. The van der Waals surface area contributed by atoms with Gasteiger partial charge in [0.2, 0.25) is 0 Å². The van der Waals surface area contributed by atoms with E-state index >= 15 is 0 Å². The first kappa shape index (κ1) is 58.6. The molecule has 0 aliphatic heterocycles. The lowest BCUT2D eigenvalue weighted by atomic mass is 9.70. The van der Waals surface area contributed by atoms with Gasteiger partial charge in [-0.25, -0.2) is 0 Å². The lowest BCUT2D eigenvalue weighted by Gasteiger charge is -2.33. The Morgan fingerprint density at radius 2 is 0.688 bits per heavy atom. The molecular formula is C93H82N2O. The van der Waals surface area contributed by atoms with Crippen molar-refractivity contribution in [1.82, 2.24) is 9.13 Å². The van der Waals surface area contributed by atoms with E-state index < -0.39 is 0 Å². The number of nitrogens with zero attached hydrogens (tertiary/aromatic N) is 2. The first-order valence-corrected chi connectivity index (χ1v) is 36.2. The predicted octanol–water partition coefficient (Wildman–Crippen LogP) is 26.1. The Bertz CT molecular complexity index is 5500. The first-order valence-electron chi connectivity index (χ1n) is 36.2. The van der Waals surface area contributed by atoms with E-state index in [4.69, 9.17) is 4.42 Å². The Balaban J connectivity index is 0.788. The summed E-state index contributed by atoms with van der Waals surface area (Å²) >= 11 is 0. The molecule has 0 fully saturated rings. The largest absolute Gasteiger partial charge is 0.455 e. The van der Waals surface area contributed by atoms with Crippen molar-refractivity contribution in [2.45, 2.75) is 135 Å². The van der Waals surface area contributed by atoms with Crippen LogP contribution in [0.15, 0.2) is 247 Å². The van der Waals surface area contributed by atoms with Gasteiger partial charge in [-0.3, -0.25) is 0 Å². The van der Waals surface area contributed by atoms with Crippen molar-refractivity contribution in [3.05, 3.63) is 276 Å². The fourth-order valence-electron chi connectivity index (χ4n) is 17.3. The van der Waals surface area contributed by atoms with E-state index in [2.05, 4.69) is 266 Å². The van der Waals surface area contributed by atoms with Gasteiger partial charge in [0.05, 0.1) is 22.1 Å². The summed E-state index contributed by atoms with van der Waals surface area (Å²) in [5, 5.41) is 7.31. The molecule has 470 valence electrons. The molecule has 0 atom stereocenters. The zero-order valence-electron chi connectivity index (χ0n) is 55.6. The molecule has 0 N–H and O–H groups in total. The van der Waals surface area contributed by atoms with Crippen LogP contribution in [0.1, 0.15) is 137 Å². The average Bonchev–Trinajstić information content (AvgIpc) is 1.57.